The molecule has 7 heteroatoms. The van der Waals surface area contributed by atoms with E-state index >= 15 is 0 Å². The predicted octanol–water partition coefficient (Wildman–Crippen LogP) is 2.32. The molecule has 2 aromatic carbocycles. The molecule has 2 amide bonds. The number of benzene rings is 2. The van der Waals surface area contributed by atoms with E-state index < -0.39 is 11.6 Å². The standard InChI is InChI=1S/C23H27F2N3O2/c1-17-5-7-18(8-6-17)15-23(30)28-13-11-27(12-14-28)16-22(29)26-10-9-19-20(24)3-2-4-21(19)25/h2-8H,9-16H2,1H3,(H,26,29). The molecular formula is C23H27F2N3O2. The van der Waals surface area contributed by atoms with Crippen LogP contribution in [0.4, 0.5) is 8.78 Å². The minimum atomic E-state index is -0.601. The fraction of sp³-hybridized carbons (Fsp3) is 0.391. The van der Waals surface area contributed by atoms with E-state index in [1.807, 2.05) is 41.0 Å². The molecule has 1 aliphatic rings. The van der Waals surface area contributed by atoms with Gasteiger partial charge in [0.1, 0.15) is 11.6 Å². The van der Waals surface area contributed by atoms with Gasteiger partial charge in [-0.25, -0.2) is 8.78 Å². The molecule has 0 radical (unpaired) electrons. The first-order valence-corrected chi connectivity index (χ1v) is 10.2. The van der Waals surface area contributed by atoms with E-state index in [0.717, 1.165) is 11.1 Å². The summed E-state index contributed by atoms with van der Waals surface area (Å²) in [6.07, 6.45) is 0.485. The molecule has 1 saturated heterocycles. The molecule has 5 nitrogen and oxygen atoms in total. The number of piperazine rings is 1. The highest BCUT2D eigenvalue weighted by Gasteiger charge is 2.22. The Morgan fingerprint density at radius 1 is 0.967 bits per heavy atom. The summed E-state index contributed by atoms with van der Waals surface area (Å²) in [5, 5.41) is 2.71. The molecular weight excluding hydrogens is 388 g/mol. The normalized spacial score (nSPS) is 14.6. The second-order valence-electron chi connectivity index (χ2n) is 7.62. The van der Waals surface area contributed by atoms with E-state index in [1.54, 1.807) is 0 Å². The van der Waals surface area contributed by atoms with Crippen LogP contribution in [-0.2, 0) is 22.4 Å². The molecule has 0 bridgehead atoms. The van der Waals surface area contributed by atoms with Crippen LogP contribution in [0.5, 0.6) is 0 Å². The smallest absolute Gasteiger partial charge is 0.234 e. The fourth-order valence-electron chi connectivity index (χ4n) is 3.50. The molecule has 1 fully saturated rings. The van der Waals surface area contributed by atoms with E-state index in [0.29, 0.717) is 32.6 Å². The number of hydrogen-bond acceptors (Lipinski definition) is 3. The molecule has 1 heterocycles. The van der Waals surface area contributed by atoms with Crippen LogP contribution < -0.4 is 5.32 Å². The molecule has 1 aliphatic heterocycles. The van der Waals surface area contributed by atoms with Gasteiger partial charge < -0.3 is 10.2 Å². The molecule has 0 spiro atoms. The van der Waals surface area contributed by atoms with Crippen molar-refractivity contribution in [3.63, 3.8) is 0 Å². The van der Waals surface area contributed by atoms with Crippen LogP contribution in [0.2, 0.25) is 0 Å². The first kappa shape index (κ1) is 21.9. The van der Waals surface area contributed by atoms with Crippen molar-refractivity contribution in [3.8, 4) is 0 Å². The number of nitrogens with zero attached hydrogens (tertiary/aromatic N) is 2. The summed E-state index contributed by atoms with van der Waals surface area (Å²) in [6.45, 7) is 4.80. The number of hydrogen-bond donors (Lipinski definition) is 1. The van der Waals surface area contributed by atoms with Crippen LogP contribution in [-0.4, -0.2) is 60.9 Å². The number of rotatable bonds is 7. The summed E-state index contributed by atoms with van der Waals surface area (Å²) < 4.78 is 27.2. The Kier molecular flexibility index (Phi) is 7.52. The second kappa shape index (κ2) is 10.3. The summed E-state index contributed by atoms with van der Waals surface area (Å²) >= 11 is 0. The van der Waals surface area contributed by atoms with Gasteiger partial charge in [0, 0.05) is 38.3 Å². The van der Waals surface area contributed by atoms with Crippen molar-refractivity contribution in [1.82, 2.24) is 15.1 Å². The molecule has 3 rings (SSSR count). The summed E-state index contributed by atoms with van der Waals surface area (Å²) in [4.78, 5) is 28.4. The number of carbonyl (C=O) groups excluding carboxylic acids is 2. The number of nitrogens with one attached hydrogen (secondary N) is 1. The molecule has 1 N–H and O–H groups in total. The van der Waals surface area contributed by atoms with Crippen LogP contribution in [0.3, 0.4) is 0 Å². The van der Waals surface area contributed by atoms with Gasteiger partial charge in [-0.2, -0.15) is 0 Å². The van der Waals surface area contributed by atoms with Crippen molar-refractivity contribution >= 4 is 11.8 Å². The lowest BCUT2D eigenvalue weighted by atomic mass is 10.1. The number of aryl methyl sites for hydroxylation is 1. The fourth-order valence-corrected chi connectivity index (χ4v) is 3.50. The first-order chi connectivity index (χ1) is 14.4. The van der Waals surface area contributed by atoms with Crippen molar-refractivity contribution in [2.45, 2.75) is 19.8 Å². The Morgan fingerprint density at radius 3 is 2.23 bits per heavy atom. The monoisotopic (exact) mass is 415 g/mol. The third kappa shape index (κ3) is 6.10. The zero-order valence-corrected chi connectivity index (χ0v) is 17.2. The first-order valence-electron chi connectivity index (χ1n) is 10.2. The average Bonchev–Trinajstić information content (AvgIpc) is 2.72. The van der Waals surface area contributed by atoms with E-state index in [1.165, 1.54) is 18.2 Å². The molecule has 0 unspecified atom stereocenters. The van der Waals surface area contributed by atoms with Crippen LogP contribution >= 0.6 is 0 Å². The van der Waals surface area contributed by atoms with Gasteiger partial charge >= 0.3 is 0 Å². The topological polar surface area (TPSA) is 52.7 Å². The zero-order chi connectivity index (χ0) is 21.5. The van der Waals surface area contributed by atoms with E-state index in [4.69, 9.17) is 0 Å². The van der Waals surface area contributed by atoms with Crippen molar-refractivity contribution in [1.29, 1.82) is 0 Å². The number of amides is 2. The average molecular weight is 415 g/mol. The maximum Gasteiger partial charge on any atom is 0.234 e. The molecule has 160 valence electrons. The highest BCUT2D eigenvalue weighted by Crippen LogP contribution is 2.12. The van der Waals surface area contributed by atoms with E-state index in [2.05, 4.69) is 5.32 Å². The molecule has 0 saturated carbocycles. The molecule has 0 atom stereocenters. The summed E-state index contributed by atoms with van der Waals surface area (Å²) in [5.41, 5.74) is 2.15. The Morgan fingerprint density at radius 2 is 1.60 bits per heavy atom. The number of carbonyl (C=O) groups is 2. The predicted molar refractivity (Wildman–Crippen MR) is 111 cm³/mol. The van der Waals surface area contributed by atoms with Crippen molar-refractivity contribution in [2.75, 3.05) is 39.3 Å². The van der Waals surface area contributed by atoms with Gasteiger partial charge in [0.25, 0.3) is 0 Å². The molecule has 30 heavy (non-hydrogen) atoms. The maximum absolute atomic E-state index is 13.6. The highest BCUT2D eigenvalue weighted by molar-refractivity contribution is 5.79. The third-order valence-corrected chi connectivity index (χ3v) is 5.33. The highest BCUT2D eigenvalue weighted by atomic mass is 19.1. The van der Waals surface area contributed by atoms with Crippen LogP contribution in [0.25, 0.3) is 0 Å². The minimum absolute atomic E-state index is 0.0153. The molecule has 0 aliphatic carbocycles. The lowest BCUT2D eigenvalue weighted by molar-refractivity contribution is -0.132. The summed E-state index contributed by atoms with van der Waals surface area (Å²) in [7, 11) is 0. The Balaban J connectivity index is 1.37. The van der Waals surface area contributed by atoms with Gasteiger partial charge in [-0.05, 0) is 31.0 Å². The molecule has 0 aromatic heterocycles. The van der Waals surface area contributed by atoms with Crippen LogP contribution in [0.15, 0.2) is 42.5 Å². The van der Waals surface area contributed by atoms with Gasteiger partial charge in [-0.15, -0.1) is 0 Å². The minimum Gasteiger partial charge on any atom is -0.355 e. The Hall–Kier alpha value is -2.80. The van der Waals surface area contributed by atoms with Gasteiger partial charge in [-0.1, -0.05) is 35.9 Å². The van der Waals surface area contributed by atoms with E-state index in [9.17, 15) is 18.4 Å². The quantitative estimate of drug-likeness (QED) is 0.755. The SMILES string of the molecule is Cc1ccc(CC(=O)N2CCN(CC(=O)NCCc3c(F)cccc3F)CC2)cc1. The summed E-state index contributed by atoms with van der Waals surface area (Å²) in [6, 6.07) is 11.7. The molecule has 2 aromatic rings. The van der Waals surface area contributed by atoms with Crippen molar-refractivity contribution < 1.29 is 18.4 Å². The Labute approximate surface area is 175 Å². The second-order valence-corrected chi connectivity index (χ2v) is 7.62. The largest absolute Gasteiger partial charge is 0.355 e. The van der Waals surface area contributed by atoms with Gasteiger partial charge in [0.15, 0.2) is 0 Å². The maximum atomic E-state index is 13.6. The lowest BCUT2D eigenvalue weighted by Crippen LogP contribution is -2.51. The lowest BCUT2D eigenvalue weighted by Gasteiger charge is -2.34. The Bertz CT molecular complexity index is 858. The van der Waals surface area contributed by atoms with Crippen molar-refractivity contribution in [2.24, 2.45) is 0 Å². The zero-order valence-electron chi connectivity index (χ0n) is 17.2. The van der Waals surface area contributed by atoms with Gasteiger partial charge in [0.2, 0.25) is 11.8 Å². The summed E-state index contributed by atoms with van der Waals surface area (Å²) in [5.74, 6) is -1.30. The van der Waals surface area contributed by atoms with Gasteiger partial charge in [0.05, 0.1) is 13.0 Å². The van der Waals surface area contributed by atoms with Crippen LogP contribution in [0, 0.1) is 18.6 Å². The number of halogens is 2. The van der Waals surface area contributed by atoms with Crippen molar-refractivity contribution in [3.05, 3.63) is 70.8 Å². The van der Waals surface area contributed by atoms with Crippen LogP contribution in [0.1, 0.15) is 16.7 Å². The van der Waals surface area contributed by atoms with Gasteiger partial charge in [-0.3, -0.25) is 14.5 Å². The van der Waals surface area contributed by atoms with E-state index in [-0.39, 0.29) is 36.9 Å². The third-order valence-electron chi connectivity index (χ3n) is 5.33.